The largest absolute Gasteiger partial charge is 0.494 e. The molecule has 0 unspecified atom stereocenters. The number of hydrogen-bond acceptors (Lipinski definition) is 3. The zero-order valence-electron chi connectivity index (χ0n) is 17.9. The zero-order valence-corrected chi connectivity index (χ0v) is 17.9. The topological polar surface area (TPSA) is 39.0 Å². The van der Waals surface area contributed by atoms with E-state index in [4.69, 9.17) is 18.6 Å². The molecule has 31 heavy (non-hydrogen) atoms. The third-order valence-corrected chi connectivity index (χ3v) is 5.00. The first kappa shape index (κ1) is 20.5. The highest BCUT2D eigenvalue weighted by Gasteiger charge is 2.21. The number of fused-ring (bicyclic) bond motifs is 1. The van der Waals surface area contributed by atoms with Crippen LogP contribution in [0, 0.1) is 0 Å². The molecular formula is C27H25O4+. The van der Waals surface area contributed by atoms with Crippen LogP contribution in [-0.4, -0.2) is 20.8 Å². The lowest BCUT2D eigenvalue weighted by Crippen LogP contribution is -1.93. The van der Waals surface area contributed by atoms with Crippen molar-refractivity contribution in [3.05, 3.63) is 84.1 Å². The summed E-state index contributed by atoms with van der Waals surface area (Å²) in [5, 5.41) is 1.94. The monoisotopic (exact) mass is 413 g/mol. The molecule has 0 aliphatic heterocycles. The summed E-state index contributed by atoms with van der Waals surface area (Å²) >= 11 is 0. The molecule has 0 spiro atoms. The number of rotatable bonds is 7. The molecule has 0 amide bonds. The average Bonchev–Trinajstić information content (AvgIpc) is 2.82. The number of benzene rings is 3. The van der Waals surface area contributed by atoms with Crippen molar-refractivity contribution in [2.75, 3.05) is 20.8 Å². The molecule has 4 nitrogen and oxygen atoms in total. The molecule has 4 aromatic rings. The minimum absolute atomic E-state index is 0.635. The van der Waals surface area contributed by atoms with Gasteiger partial charge in [-0.05, 0) is 48.9 Å². The van der Waals surface area contributed by atoms with Gasteiger partial charge in [-0.3, -0.25) is 0 Å². The van der Waals surface area contributed by atoms with Gasteiger partial charge < -0.3 is 14.2 Å². The summed E-state index contributed by atoms with van der Waals surface area (Å²) in [7, 11) is 3.27. The predicted octanol–water partition coefficient (Wildman–Crippen LogP) is 6.97. The van der Waals surface area contributed by atoms with Crippen molar-refractivity contribution >= 4 is 22.9 Å². The lowest BCUT2D eigenvalue weighted by molar-refractivity contribution is 0.340. The van der Waals surface area contributed by atoms with Crippen LogP contribution in [-0.2, 0) is 0 Å². The van der Waals surface area contributed by atoms with Crippen LogP contribution in [0.5, 0.6) is 17.2 Å². The van der Waals surface area contributed by atoms with E-state index in [-0.39, 0.29) is 0 Å². The van der Waals surface area contributed by atoms with Gasteiger partial charge in [-0.25, -0.2) is 4.42 Å². The van der Waals surface area contributed by atoms with Crippen molar-refractivity contribution in [2.24, 2.45) is 0 Å². The standard InChI is InChI=1S/C27H25O4/c1-4-30-22-13-11-20(12-14-22)25-16-21-17-26(28-2)27(29-3)18-23(21)24(31-25)15-10-19-8-6-5-7-9-19/h5-18H,4H2,1-3H3/q+1. The van der Waals surface area contributed by atoms with Crippen molar-refractivity contribution in [1.82, 2.24) is 0 Å². The van der Waals surface area contributed by atoms with Crippen LogP contribution in [0.1, 0.15) is 18.2 Å². The SMILES string of the molecule is CCOc1ccc(-c2cc3cc(OC)c(OC)cc3c(C=Cc3ccccc3)[o+]2)cc1. The first-order valence-corrected chi connectivity index (χ1v) is 10.2. The highest BCUT2D eigenvalue weighted by atomic mass is 16.5. The van der Waals surface area contributed by atoms with Crippen molar-refractivity contribution in [1.29, 1.82) is 0 Å². The fraction of sp³-hybridized carbons (Fsp3) is 0.148. The van der Waals surface area contributed by atoms with Gasteiger partial charge in [-0.15, -0.1) is 0 Å². The molecule has 156 valence electrons. The van der Waals surface area contributed by atoms with Gasteiger partial charge in [-0.1, -0.05) is 30.3 Å². The van der Waals surface area contributed by atoms with Crippen LogP contribution in [0.25, 0.3) is 34.2 Å². The maximum atomic E-state index is 6.35. The van der Waals surface area contributed by atoms with Crippen molar-refractivity contribution in [3.8, 4) is 28.6 Å². The molecule has 0 saturated carbocycles. The predicted molar refractivity (Wildman–Crippen MR) is 126 cm³/mol. The fourth-order valence-electron chi connectivity index (χ4n) is 3.46. The van der Waals surface area contributed by atoms with Gasteiger partial charge >= 0.3 is 11.5 Å². The molecule has 0 N–H and O–H groups in total. The van der Waals surface area contributed by atoms with E-state index < -0.39 is 0 Å². The summed E-state index contributed by atoms with van der Waals surface area (Å²) < 4.78 is 22.9. The van der Waals surface area contributed by atoms with Gasteiger partial charge in [0.15, 0.2) is 11.5 Å². The second-order valence-corrected chi connectivity index (χ2v) is 6.97. The second kappa shape index (κ2) is 9.35. The molecule has 0 bridgehead atoms. The molecule has 1 aromatic heterocycles. The highest BCUT2D eigenvalue weighted by Crippen LogP contribution is 2.37. The second-order valence-electron chi connectivity index (χ2n) is 6.97. The maximum absolute atomic E-state index is 6.35. The summed E-state index contributed by atoms with van der Waals surface area (Å²) in [6.45, 7) is 2.61. The van der Waals surface area contributed by atoms with E-state index in [1.165, 1.54) is 0 Å². The number of methoxy groups -OCH3 is 2. The van der Waals surface area contributed by atoms with E-state index in [9.17, 15) is 0 Å². The average molecular weight is 413 g/mol. The normalized spacial score (nSPS) is 11.1. The van der Waals surface area contributed by atoms with Crippen LogP contribution in [0.15, 0.2) is 77.2 Å². The van der Waals surface area contributed by atoms with Crippen LogP contribution in [0.4, 0.5) is 0 Å². The Balaban J connectivity index is 1.86. The minimum atomic E-state index is 0.635. The van der Waals surface area contributed by atoms with Crippen LogP contribution >= 0.6 is 0 Å². The summed E-state index contributed by atoms with van der Waals surface area (Å²) in [6.07, 6.45) is 4.03. The van der Waals surface area contributed by atoms with Gasteiger partial charge in [0.2, 0.25) is 0 Å². The van der Waals surface area contributed by atoms with Crippen molar-refractivity contribution < 1.29 is 18.6 Å². The summed E-state index contributed by atoms with van der Waals surface area (Å²) in [4.78, 5) is 0. The van der Waals surface area contributed by atoms with Crippen LogP contribution < -0.4 is 14.2 Å². The van der Waals surface area contributed by atoms with Crippen LogP contribution in [0.2, 0.25) is 0 Å². The molecule has 4 rings (SSSR count). The molecule has 0 aliphatic rings. The third kappa shape index (κ3) is 4.53. The Labute approximate surface area is 182 Å². The third-order valence-electron chi connectivity index (χ3n) is 5.00. The Bertz CT molecular complexity index is 1200. The molecule has 1 heterocycles. The molecule has 0 aliphatic carbocycles. The van der Waals surface area contributed by atoms with E-state index in [1.807, 2.05) is 79.7 Å². The number of hydrogen-bond donors (Lipinski definition) is 0. The Morgan fingerprint density at radius 3 is 2.19 bits per heavy atom. The highest BCUT2D eigenvalue weighted by molar-refractivity contribution is 5.94. The van der Waals surface area contributed by atoms with Gasteiger partial charge in [0, 0.05) is 17.5 Å². The van der Waals surface area contributed by atoms with Gasteiger partial charge in [0.25, 0.3) is 0 Å². The Morgan fingerprint density at radius 1 is 0.806 bits per heavy atom. The summed E-state index contributed by atoms with van der Waals surface area (Å²) in [5.41, 5.74) is 2.06. The van der Waals surface area contributed by atoms with E-state index in [1.54, 1.807) is 14.2 Å². The first-order valence-electron chi connectivity index (χ1n) is 10.2. The molecule has 0 saturated heterocycles. The van der Waals surface area contributed by atoms with E-state index >= 15 is 0 Å². The van der Waals surface area contributed by atoms with Gasteiger partial charge in [0.1, 0.15) is 5.75 Å². The lowest BCUT2D eigenvalue weighted by atomic mass is 10.0. The zero-order chi connectivity index (χ0) is 21.6. The molecule has 0 fully saturated rings. The van der Waals surface area contributed by atoms with Gasteiger partial charge in [0.05, 0.1) is 37.8 Å². The quantitative estimate of drug-likeness (QED) is 0.307. The van der Waals surface area contributed by atoms with E-state index in [2.05, 4.69) is 12.1 Å². The fourth-order valence-corrected chi connectivity index (χ4v) is 3.46. The van der Waals surface area contributed by atoms with Gasteiger partial charge in [-0.2, -0.15) is 0 Å². The molecule has 0 atom stereocenters. The smallest absolute Gasteiger partial charge is 0.361 e. The first-order chi connectivity index (χ1) is 15.2. The minimum Gasteiger partial charge on any atom is -0.494 e. The maximum Gasteiger partial charge on any atom is 0.361 e. The summed E-state index contributed by atoms with van der Waals surface area (Å²) in [6, 6.07) is 24.0. The molecular weight excluding hydrogens is 388 g/mol. The Morgan fingerprint density at radius 2 is 1.52 bits per heavy atom. The van der Waals surface area contributed by atoms with E-state index in [0.29, 0.717) is 18.1 Å². The lowest BCUT2D eigenvalue weighted by Gasteiger charge is -2.08. The van der Waals surface area contributed by atoms with Crippen LogP contribution in [0.3, 0.4) is 0 Å². The Kier molecular flexibility index (Phi) is 6.18. The Hall–Kier alpha value is -3.79. The molecule has 3 aromatic carbocycles. The van der Waals surface area contributed by atoms with Crippen molar-refractivity contribution in [2.45, 2.75) is 6.92 Å². The number of ether oxygens (including phenoxy) is 3. The summed E-state index contributed by atoms with van der Waals surface area (Å²) in [5.74, 6) is 3.68. The molecule has 4 heteroatoms. The molecule has 0 radical (unpaired) electrons. The van der Waals surface area contributed by atoms with Crippen molar-refractivity contribution in [3.63, 3.8) is 0 Å². The van der Waals surface area contributed by atoms with E-state index in [0.717, 1.165) is 39.2 Å².